The molecule has 1 aromatic heterocycles. The smallest absolute Gasteiger partial charge is 0.191 e. The first-order valence-electron chi connectivity index (χ1n) is 6.65. The number of aromatic nitrogens is 2. The van der Waals surface area contributed by atoms with Crippen LogP contribution in [0.1, 0.15) is 11.4 Å². The number of rotatable bonds is 3. The molecule has 0 fully saturated rings. The maximum absolute atomic E-state index is 12.4. The van der Waals surface area contributed by atoms with E-state index in [1.165, 1.54) is 0 Å². The largest absolute Gasteiger partial charge is 0.485 e. The van der Waals surface area contributed by atoms with Crippen molar-refractivity contribution >= 4 is 17.4 Å². The summed E-state index contributed by atoms with van der Waals surface area (Å²) in [6.45, 7) is 2.02. The highest BCUT2D eigenvalue weighted by molar-refractivity contribution is 6.32. The average Bonchev–Trinajstić information content (AvgIpc) is 2.73. The summed E-state index contributed by atoms with van der Waals surface area (Å²) in [7, 11) is 1.77. The molecule has 110 valence electrons. The third kappa shape index (κ3) is 2.61. The Hall–Kier alpha value is -2.01. The zero-order valence-corrected chi connectivity index (χ0v) is 12.6. The van der Waals surface area contributed by atoms with Crippen LogP contribution in [0.2, 0.25) is 5.02 Å². The number of para-hydroxylation sites is 2. The molecule has 1 aromatic carbocycles. The highest BCUT2D eigenvalue weighted by Crippen LogP contribution is 2.31. The summed E-state index contributed by atoms with van der Waals surface area (Å²) in [6.07, 6.45) is -0.446. The van der Waals surface area contributed by atoms with Crippen molar-refractivity contribution in [3.8, 4) is 11.5 Å². The summed E-state index contributed by atoms with van der Waals surface area (Å²) in [5, 5.41) is 4.74. The molecule has 0 N–H and O–H groups in total. The summed E-state index contributed by atoms with van der Waals surface area (Å²) in [5.41, 5.74) is 1.41. The van der Waals surface area contributed by atoms with Crippen molar-refractivity contribution in [3.63, 3.8) is 0 Å². The molecule has 1 atom stereocenters. The fourth-order valence-electron chi connectivity index (χ4n) is 2.33. The van der Waals surface area contributed by atoms with Crippen LogP contribution in [0.25, 0.3) is 0 Å². The van der Waals surface area contributed by atoms with Gasteiger partial charge in [-0.15, -0.1) is 0 Å². The third-order valence-corrected chi connectivity index (χ3v) is 3.96. The van der Waals surface area contributed by atoms with Crippen molar-refractivity contribution in [2.24, 2.45) is 7.05 Å². The van der Waals surface area contributed by atoms with Crippen molar-refractivity contribution < 1.29 is 14.3 Å². The fourth-order valence-corrected chi connectivity index (χ4v) is 2.56. The lowest BCUT2D eigenvalue weighted by Gasteiger charge is -2.25. The summed E-state index contributed by atoms with van der Waals surface area (Å²) in [6, 6.07) is 7.31. The number of ether oxygens (including phenoxy) is 2. The van der Waals surface area contributed by atoms with Gasteiger partial charge in [0, 0.05) is 7.05 Å². The Bertz CT molecular complexity index is 696. The zero-order chi connectivity index (χ0) is 15.0. The number of ketones is 1. The number of benzene rings is 1. The number of aryl methyl sites for hydroxylation is 2. The second-order valence-corrected chi connectivity index (χ2v) is 5.35. The molecule has 0 aliphatic carbocycles. The molecule has 0 amide bonds. The number of halogens is 1. The van der Waals surface area contributed by atoms with Gasteiger partial charge in [-0.3, -0.25) is 9.48 Å². The van der Waals surface area contributed by atoms with Crippen molar-refractivity contribution in [1.29, 1.82) is 0 Å². The van der Waals surface area contributed by atoms with Crippen LogP contribution in [0.15, 0.2) is 24.3 Å². The third-order valence-electron chi connectivity index (χ3n) is 3.47. The molecular formula is C15H15ClN2O3. The molecule has 1 aliphatic heterocycles. The first-order chi connectivity index (χ1) is 10.1. The molecular weight excluding hydrogens is 292 g/mol. The second kappa shape index (κ2) is 5.41. The van der Waals surface area contributed by atoms with Gasteiger partial charge in [0.2, 0.25) is 0 Å². The molecule has 3 rings (SSSR count). The molecule has 1 aliphatic rings. The van der Waals surface area contributed by atoms with Crippen LogP contribution >= 0.6 is 11.6 Å². The first kappa shape index (κ1) is 13.9. The number of carbonyl (C=O) groups is 1. The second-order valence-electron chi connectivity index (χ2n) is 4.98. The highest BCUT2D eigenvalue weighted by atomic mass is 35.5. The average molecular weight is 307 g/mol. The monoisotopic (exact) mass is 306 g/mol. The molecule has 5 nitrogen and oxygen atoms in total. The van der Waals surface area contributed by atoms with Crippen LogP contribution < -0.4 is 9.47 Å². The van der Waals surface area contributed by atoms with E-state index in [2.05, 4.69) is 5.10 Å². The van der Waals surface area contributed by atoms with Gasteiger partial charge in [-0.25, -0.2) is 0 Å². The van der Waals surface area contributed by atoms with Crippen LogP contribution in [-0.2, 0) is 18.3 Å². The lowest BCUT2D eigenvalue weighted by molar-refractivity contribution is -0.127. The van der Waals surface area contributed by atoms with E-state index < -0.39 is 6.10 Å². The van der Waals surface area contributed by atoms with Crippen molar-refractivity contribution in [2.45, 2.75) is 19.4 Å². The number of nitrogens with zero attached hydrogens (tertiary/aromatic N) is 2. The predicted octanol–water partition coefficient (Wildman–Crippen LogP) is 2.33. The number of hydrogen-bond acceptors (Lipinski definition) is 4. The molecule has 2 aromatic rings. The summed E-state index contributed by atoms with van der Waals surface area (Å²) < 4.78 is 12.9. The molecule has 1 unspecified atom stereocenters. The van der Waals surface area contributed by atoms with Gasteiger partial charge >= 0.3 is 0 Å². The summed E-state index contributed by atoms with van der Waals surface area (Å²) >= 11 is 6.17. The number of hydrogen-bond donors (Lipinski definition) is 0. The molecule has 2 heterocycles. The maximum atomic E-state index is 12.4. The Kier molecular flexibility index (Phi) is 3.59. The molecule has 6 heteroatoms. The SMILES string of the molecule is Cc1nn(C)c(CC(=O)C2COc3ccccc3O2)c1Cl. The van der Waals surface area contributed by atoms with Gasteiger partial charge in [0.05, 0.1) is 22.8 Å². The maximum Gasteiger partial charge on any atom is 0.191 e. The molecule has 21 heavy (non-hydrogen) atoms. The van der Waals surface area contributed by atoms with Gasteiger partial charge in [0.1, 0.15) is 6.61 Å². The Balaban J connectivity index is 1.75. The van der Waals surface area contributed by atoms with Crippen molar-refractivity contribution in [3.05, 3.63) is 40.7 Å². The minimum absolute atomic E-state index is 0.0746. The van der Waals surface area contributed by atoms with E-state index in [0.717, 1.165) is 0 Å². The Morgan fingerprint density at radius 3 is 2.81 bits per heavy atom. The standard InChI is InChI=1S/C15H15ClN2O3/c1-9-15(16)10(18(2)17-9)7-11(19)14-8-20-12-5-3-4-6-13(12)21-14/h3-6,14H,7-8H2,1-2H3. The van der Waals surface area contributed by atoms with E-state index in [1.54, 1.807) is 17.8 Å². The van der Waals surface area contributed by atoms with E-state index in [-0.39, 0.29) is 18.8 Å². The van der Waals surface area contributed by atoms with Crippen LogP contribution in [-0.4, -0.2) is 28.3 Å². The topological polar surface area (TPSA) is 53.4 Å². The van der Waals surface area contributed by atoms with Crippen molar-refractivity contribution in [2.75, 3.05) is 6.61 Å². The van der Waals surface area contributed by atoms with Gasteiger partial charge < -0.3 is 9.47 Å². The fraction of sp³-hybridized carbons (Fsp3) is 0.333. The van der Waals surface area contributed by atoms with E-state index in [9.17, 15) is 4.79 Å². The van der Waals surface area contributed by atoms with Gasteiger partial charge in [0.15, 0.2) is 23.4 Å². The molecule has 0 radical (unpaired) electrons. The molecule has 0 spiro atoms. The number of fused-ring (bicyclic) bond motifs is 1. The molecule has 0 bridgehead atoms. The summed E-state index contributed by atoms with van der Waals surface area (Å²) in [4.78, 5) is 12.4. The van der Waals surface area contributed by atoms with Gasteiger partial charge in [-0.2, -0.15) is 5.10 Å². The van der Waals surface area contributed by atoms with Gasteiger partial charge in [0.25, 0.3) is 0 Å². The molecule has 0 saturated carbocycles. The normalized spacial score (nSPS) is 16.8. The lowest BCUT2D eigenvalue weighted by atomic mass is 10.1. The predicted molar refractivity (Wildman–Crippen MR) is 78.0 cm³/mol. The highest BCUT2D eigenvalue weighted by Gasteiger charge is 2.28. The minimum Gasteiger partial charge on any atom is -0.485 e. The van der Waals surface area contributed by atoms with E-state index >= 15 is 0 Å². The number of Topliss-reactive ketones (excluding diaryl/α,β-unsaturated/α-hetero) is 1. The van der Waals surface area contributed by atoms with E-state index in [1.807, 2.05) is 25.1 Å². The van der Waals surface area contributed by atoms with Crippen molar-refractivity contribution in [1.82, 2.24) is 9.78 Å². The van der Waals surface area contributed by atoms with Crippen LogP contribution in [0, 0.1) is 6.92 Å². The van der Waals surface area contributed by atoms with Crippen LogP contribution in [0.5, 0.6) is 11.5 Å². The minimum atomic E-state index is -0.619. The van der Waals surface area contributed by atoms with Gasteiger partial charge in [-0.05, 0) is 19.1 Å². The Labute approximate surface area is 127 Å². The van der Waals surface area contributed by atoms with E-state index in [0.29, 0.717) is 27.9 Å². The Morgan fingerprint density at radius 2 is 2.14 bits per heavy atom. The first-order valence-corrected chi connectivity index (χ1v) is 7.03. The zero-order valence-electron chi connectivity index (χ0n) is 11.8. The van der Waals surface area contributed by atoms with E-state index in [4.69, 9.17) is 21.1 Å². The number of carbonyl (C=O) groups excluding carboxylic acids is 1. The Morgan fingerprint density at radius 1 is 1.43 bits per heavy atom. The lowest BCUT2D eigenvalue weighted by Crippen LogP contribution is -2.37. The van der Waals surface area contributed by atoms with Crippen LogP contribution in [0.4, 0.5) is 0 Å². The quantitative estimate of drug-likeness (QED) is 0.873. The summed E-state index contributed by atoms with van der Waals surface area (Å²) in [5.74, 6) is 1.18. The van der Waals surface area contributed by atoms with Crippen LogP contribution in [0.3, 0.4) is 0 Å². The van der Waals surface area contributed by atoms with Gasteiger partial charge in [-0.1, -0.05) is 23.7 Å². The molecule has 0 saturated heterocycles.